The Labute approximate surface area is 134 Å². The first-order valence-electron chi connectivity index (χ1n) is 7.08. The summed E-state index contributed by atoms with van der Waals surface area (Å²) >= 11 is 0. The van der Waals surface area contributed by atoms with Gasteiger partial charge in [0.25, 0.3) is 5.91 Å². The molecule has 5 nitrogen and oxygen atoms in total. The molecule has 0 saturated heterocycles. The summed E-state index contributed by atoms with van der Waals surface area (Å²) in [5.74, 6) is -1.40. The Morgan fingerprint density at radius 2 is 1.52 bits per heavy atom. The van der Waals surface area contributed by atoms with E-state index in [2.05, 4.69) is 0 Å². The number of Topliss-reactive ketones (excluding diaryl/α,β-unsaturated/α-hetero) is 1. The van der Waals surface area contributed by atoms with E-state index >= 15 is 0 Å². The number of rotatable bonds is 5. The highest BCUT2D eigenvalue weighted by Gasteiger charge is 2.17. The van der Waals surface area contributed by atoms with Gasteiger partial charge in [-0.05, 0) is 30.7 Å². The Kier molecular flexibility index (Phi) is 4.91. The van der Waals surface area contributed by atoms with Gasteiger partial charge >= 0.3 is 5.97 Å². The number of benzene rings is 2. The highest BCUT2D eigenvalue weighted by molar-refractivity contribution is 6.07. The predicted octanol–water partition coefficient (Wildman–Crippen LogP) is 2.86. The lowest BCUT2D eigenvalue weighted by molar-refractivity contribution is 0.0695. The molecule has 0 radical (unpaired) electrons. The van der Waals surface area contributed by atoms with Gasteiger partial charge in [-0.2, -0.15) is 0 Å². The van der Waals surface area contributed by atoms with Crippen LogP contribution >= 0.6 is 0 Å². The van der Waals surface area contributed by atoms with Gasteiger partial charge in [0.15, 0.2) is 5.78 Å². The number of amides is 1. The summed E-state index contributed by atoms with van der Waals surface area (Å²) in [5.41, 5.74) is 1.77. The van der Waals surface area contributed by atoms with Crippen molar-refractivity contribution in [3.8, 4) is 0 Å². The molecule has 0 atom stereocenters. The van der Waals surface area contributed by atoms with Crippen LogP contribution in [0.25, 0.3) is 0 Å². The van der Waals surface area contributed by atoms with Crippen molar-refractivity contribution in [3.63, 3.8) is 0 Å². The third-order valence-electron chi connectivity index (χ3n) is 3.50. The molecule has 0 aliphatic rings. The molecule has 118 valence electrons. The number of carboxylic acid groups (broad SMARTS) is 1. The van der Waals surface area contributed by atoms with Crippen LogP contribution in [0, 0.1) is 0 Å². The number of carbonyl (C=O) groups is 3. The number of aromatic carboxylic acids is 1. The summed E-state index contributed by atoms with van der Waals surface area (Å²) < 4.78 is 0. The third kappa shape index (κ3) is 3.83. The van der Waals surface area contributed by atoms with E-state index in [1.807, 2.05) is 0 Å². The number of carboxylic acids is 1. The molecule has 0 saturated carbocycles. The van der Waals surface area contributed by atoms with Gasteiger partial charge in [0.05, 0.1) is 11.1 Å². The summed E-state index contributed by atoms with van der Waals surface area (Å²) in [6, 6.07) is 13.0. The van der Waals surface area contributed by atoms with E-state index in [1.54, 1.807) is 43.4 Å². The summed E-state index contributed by atoms with van der Waals surface area (Å²) in [4.78, 5) is 36.5. The molecule has 2 aromatic rings. The molecule has 2 aromatic carbocycles. The van der Waals surface area contributed by atoms with Crippen molar-refractivity contribution in [2.45, 2.75) is 13.5 Å². The molecule has 0 heterocycles. The lowest BCUT2D eigenvalue weighted by Gasteiger charge is -2.18. The molecule has 0 spiro atoms. The lowest BCUT2D eigenvalue weighted by atomic mass is 10.0. The molecule has 5 heteroatoms. The molecular formula is C18H17NO4. The second-order valence-corrected chi connectivity index (χ2v) is 5.27. The van der Waals surface area contributed by atoms with Crippen LogP contribution in [0.15, 0.2) is 48.5 Å². The average molecular weight is 311 g/mol. The minimum Gasteiger partial charge on any atom is -0.478 e. The summed E-state index contributed by atoms with van der Waals surface area (Å²) in [6.45, 7) is 1.75. The normalized spacial score (nSPS) is 10.2. The Balaban J connectivity index is 2.17. The van der Waals surface area contributed by atoms with Crippen LogP contribution < -0.4 is 0 Å². The fourth-order valence-electron chi connectivity index (χ4n) is 2.28. The maximum Gasteiger partial charge on any atom is 0.335 e. The molecule has 0 bridgehead atoms. The highest BCUT2D eigenvalue weighted by Crippen LogP contribution is 2.14. The zero-order chi connectivity index (χ0) is 17.0. The van der Waals surface area contributed by atoms with Crippen molar-refractivity contribution >= 4 is 17.7 Å². The van der Waals surface area contributed by atoms with Gasteiger partial charge in [0, 0.05) is 19.2 Å². The van der Waals surface area contributed by atoms with Crippen molar-refractivity contribution in [1.29, 1.82) is 0 Å². The van der Waals surface area contributed by atoms with Gasteiger partial charge in [-0.3, -0.25) is 9.59 Å². The van der Waals surface area contributed by atoms with E-state index in [9.17, 15) is 14.4 Å². The Morgan fingerprint density at radius 3 is 2.04 bits per heavy atom. The quantitative estimate of drug-likeness (QED) is 0.862. The fourth-order valence-corrected chi connectivity index (χ4v) is 2.28. The molecule has 0 aromatic heterocycles. The lowest BCUT2D eigenvalue weighted by Crippen LogP contribution is -2.27. The van der Waals surface area contributed by atoms with Crippen molar-refractivity contribution in [3.05, 3.63) is 70.8 Å². The molecular weight excluding hydrogens is 294 g/mol. The second-order valence-electron chi connectivity index (χ2n) is 5.27. The van der Waals surface area contributed by atoms with Crippen molar-refractivity contribution in [2.75, 3.05) is 7.05 Å². The van der Waals surface area contributed by atoms with Crippen LogP contribution in [-0.4, -0.2) is 34.7 Å². The molecule has 23 heavy (non-hydrogen) atoms. The zero-order valence-electron chi connectivity index (χ0n) is 12.9. The second kappa shape index (κ2) is 6.87. The number of nitrogens with zero attached hydrogens (tertiary/aromatic N) is 1. The minimum absolute atomic E-state index is 0.159. The monoisotopic (exact) mass is 311 g/mol. The SMILES string of the molecule is CC(=O)c1ccccc1C(=O)N(C)Cc1ccc(C(=O)O)cc1. The predicted molar refractivity (Wildman–Crippen MR) is 85.6 cm³/mol. The van der Waals surface area contributed by atoms with Crippen LogP contribution in [0.5, 0.6) is 0 Å². The zero-order valence-corrected chi connectivity index (χ0v) is 12.9. The number of carbonyl (C=O) groups excluding carboxylic acids is 2. The van der Waals surface area contributed by atoms with Gasteiger partial charge in [0.1, 0.15) is 0 Å². The Bertz CT molecular complexity index is 750. The van der Waals surface area contributed by atoms with Crippen molar-refractivity contribution in [2.24, 2.45) is 0 Å². The third-order valence-corrected chi connectivity index (χ3v) is 3.50. The standard InChI is InChI=1S/C18H17NO4/c1-12(20)15-5-3-4-6-16(15)17(21)19(2)11-13-7-9-14(10-8-13)18(22)23/h3-10H,11H2,1-2H3,(H,22,23). The minimum atomic E-state index is -0.989. The van der Waals surface area contributed by atoms with Gasteiger partial charge in [-0.25, -0.2) is 4.79 Å². The summed E-state index contributed by atoms with van der Waals surface area (Å²) in [7, 11) is 1.64. The van der Waals surface area contributed by atoms with E-state index in [0.717, 1.165) is 5.56 Å². The molecule has 0 fully saturated rings. The van der Waals surface area contributed by atoms with E-state index < -0.39 is 5.97 Å². The first-order chi connectivity index (χ1) is 10.9. The number of ketones is 1. The van der Waals surface area contributed by atoms with Crippen LogP contribution in [-0.2, 0) is 6.54 Å². The van der Waals surface area contributed by atoms with Crippen LogP contribution in [0.4, 0.5) is 0 Å². The molecule has 0 aliphatic carbocycles. The average Bonchev–Trinajstić information content (AvgIpc) is 2.54. The van der Waals surface area contributed by atoms with Crippen molar-refractivity contribution in [1.82, 2.24) is 4.90 Å². The van der Waals surface area contributed by atoms with Crippen LogP contribution in [0.1, 0.15) is 43.6 Å². The Morgan fingerprint density at radius 1 is 0.957 bits per heavy atom. The molecule has 0 aliphatic heterocycles. The Hall–Kier alpha value is -2.95. The molecule has 0 unspecified atom stereocenters. The highest BCUT2D eigenvalue weighted by atomic mass is 16.4. The van der Waals surface area contributed by atoms with Gasteiger partial charge in [0.2, 0.25) is 0 Å². The first kappa shape index (κ1) is 16.4. The van der Waals surface area contributed by atoms with Gasteiger partial charge in [-0.1, -0.05) is 30.3 Å². The van der Waals surface area contributed by atoms with Crippen molar-refractivity contribution < 1.29 is 19.5 Å². The summed E-state index contributed by atoms with van der Waals surface area (Å²) in [6.07, 6.45) is 0. The van der Waals surface area contributed by atoms with Crippen LogP contribution in [0.3, 0.4) is 0 Å². The summed E-state index contributed by atoms with van der Waals surface area (Å²) in [5, 5.41) is 8.88. The van der Waals surface area contributed by atoms with E-state index in [0.29, 0.717) is 17.7 Å². The number of hydrogen-bond donors (Lipinski definition) is 1. The fraction of sp³-hybridized carbons (Fsp3) is 0.167. The van der Waals surface area contributed by atoms with Gasteiger partial charge < -0.3 is 10.0 Å². The molecule has 2 rings (SSSR count). The maximum atomic E-state index is 12.5. The van der Waals surface area contributed by atoms with Gasteiger partial charge in [-0.15, -0.1) is 0 Å². The smallest absolute Gasteiger partial charge is 0.335 e. The number of hydrogen-bond acceptors (Lipinski definition) is 3. The largest absolute Gasteiger partial charge is 0.478 e. The molecule has 1 N–H and O–H groups in total. The van der Waals surface area contributed by atoms with E-state index in [-0.39, 0.29) is 17.3 Å². The van der Waals surface area contributed by atoms with E-state index in [4.69, 9.17) is 5.11 Å². The van der Waals surface area contributed by atoms with Crippen LogP contribution in [0.2, 0.25) is 0 Å². The maximum absolute atomic E-state index is 12.5. The molecule has 1 amide bonds. The topological polar surface area (TPSA) is 74.7 Å². The van der Waals surface area contributed by atoms with E-state index in [1.165, 1.54) is 24.0 Å². The first-order valence-corrected chi connectivity index (χ1v) is 7.08.